The number of hydrogen-bond donors (Lipinski definition) is 1. The van der Waals surface area contributed by atoms with E-state index in [0.717, 1.165) is 55.4 Å². The van der Waals surface area contributed by atoms with E-state index in [0.29, 0.717) is 30.7 Å². The third-order valence-corrected chi connectivity index (χ3v) is 7.62. The first kappa shape index (κ1) is 26.9. The molecule has 1 N–H and O–H groups in total. The Morgan fingerprint density at radius 2 is 1.86 bits per heavy atom. The van der Waals surface area contributed by atoms with Crippen molar-refractivity contribution in [2.24, 2.45) is 11.8 Å². The zero-order valence-corrected chi connectivity index (χ0v) is 21.7. The molecule has 3 aromatic rings. The Balaban J connectivity index is 1.27. The smallest absolute Gasteiger partial charge is 0.308 e. The summed E-state index contributed by atoms with van der Waals surface area (Å²) < 4.78 is 25.9. The normalized spacial score (nSPS) is 19.0. The third kappa shape index (κ3) is 6.98. The van der Waals surface area contributed by atoms with Crippen LogP contribution in [0.3, 0.4) is 0 Å². The molecule has 0 unspecified atom stereocenters. The number of halogens is 1. The molecule has 2 heterocycles. The number of carbonyl (C=O) groups is 1. The van der Waals surface area contributed by atoms with Crippen molar-refractivity contribution in [3.05, 3.63) is 65.9 Å². The monoisotopic (exact) mass is 508 g/mol. The van der Waals surface area contributed by atoms with Crippen LogP contribution in [0.5, 0.6) is 11.5 Å². The van der Waals surface area contributed by atoms with Gasteiger partial charge in [0.25, 0.3) is 0 Å². The maximum Gasteiger partial charge on any atom is 0.308 e. The first-order valence-electron chi connectivity index (χ1n) is 13.1. The van der Waals surface area contributed by atoms with E-state index in [1.54, 1.807) is 26.5 Å². The first-order valence-corrected chi connectivity index (χ1v) is 13.1. The average molecular weight is 509 g/mol. The summed E-state index contributed by atoms with van der Waals surface area (Å²) in [5, 5.41) is 10.7. The highest BCUT2D eigenvalue weighted by Gasteiger charge is 2.34. The predicted octanol–water partition coefficient (Wildman–Crippen LogP) is 6.09. The van der Waals surface area contributed by atoms with Crippen LogP contribution >= 0.6 is 0 Å². The number of aliphatic carboxylic acids is 1. The number of hydrogen-bond acceptors (Lipinski definition) is 5. The van der Waals surface area contributed by atoms with E-state index in [9.17, 15) is 9.90 Å². The van der Waals surface area contributed by atoms with Crippen LogP contribution in [-0.4, -0.2) is 54.8 Å². The number of fused-ring (bicyclic) bond motifs is 1. The minimum absolute atomic E-state index is 0.0195. The maximum atomic E-state index is 15.4. The Kier molecular flexibility index (Phi) is 9.34. The molecule has 3 atom stereocenters. The van der Waals surface area contributed by atoms with E-state index in [-0.39, 0.29) is 5.92 Å². The number of aryl methyl sites for hydroxylation is 1. The van der Waals surface area contributed by atoms with Gasteiger partial charge in [-0.1, -0.05) is 12.1 Å². The molecule has 1 aliphatic heterocycles. The van der Waals surface area contributed by atoms with Gasteiger partial charge in [-0.2, -0.15) is 0 Å². The number of aromatic nitrogens is 1. The molecule has 198 valence electrons. The Morgan fingerprint density at radius 3 is 2.59 bits per heavy atom. The van der Waals surface area contributed by atoms with Gasteiger partial charge in [0.05, 0.1) is 25.7 Å². The summed E-state index contributed by atoms with van der Waals surface area (Å²) in [6.07, 6.45) is 5.16. The van der Waals surface area contributed by atoms with Crippen LogP contribution in [0, 0.1) is 11.8 Å². The number of nitrogens with zero attached hydrogens (tertiary/aromatic N) is 2. The number of ether oxygens (including phenoxy) is 2. The molecule has 0 aliphatic carbocycles. The van der Waals surface area contributed by atoms with E-state index in [2.05, 4.69) is 22.0 Å². The lowest BCUT2D eigenvalue weighted by Crippen LogP contribution is -2.44. The second kappa shape index (κ2) is 12.9. The number of benzene rings is 2. The van der Waals surface area contributed by atoms with Crippen molar-refractivity contribution >= 4 is 16.9 Å². The van der Waals surface area contributed by atoms with Crippen molar-refractivity contribution in [1.29, 1.82) is 0 Å². The van der Waals surface area contributed by atoms with Crippen molar-refractivity contribution in [2.45, 2.75) is 44.7 Å². The Labute approximate surface area is 218 Å². The summed E-state index contributed by atoms with van der Waals surface area (Å²) in [7, 11) is 3.25. The van der Waals surface area contributed by atoms with Gasteiger partial charge >= 0.3 is 5.97 Å². The lowest BCUT2D eigenvalue weighted by Gasteiger charge is -2.37. The number of methoxy groups -OCH3 is 2. The largest absolute Gasteiger partial charge is 0.497 e. The fraction of sp³-hybridized carbons (Fsp3) is 0.467. The summed E-state index contributed by atoms with van der Waals surface area (Å²) in [6, 6.07) is 15.3. The average Bonchev–Trinajstić information content (AvgIpc) is 2.93. The summed E-state index contributed by atoms with van der Waals surface area (Å²) >= 11 is 0. The molecular weight excluding hydrogens is 471 g/mol. The summed E-state index contributed by atoms with van der Waals surface area (Å²) in [5.74, 6) is 0.268. The standard InChI is InChI=1S/C30H37FN2O4/c1-36-23-9-6-21(7-10-23)5-3-4-17-33-18-15-22(27(20-33)30(34)35)8-12-28(31)25-14-16-32-29-13-11-24(37-2)19-26(25)29/h6-7,9-11,13-14,16,19,22,27-28H,3-5,8,12,15,17-18,20H2,1-2H3,(H,34,35)/t22-,27+,28+/m1/s1. The number of rotatable bonds is 12. The van der Waals surface area contributed by atoms with Crippen molar-refractivity contribution in [3.63, 3.8) is 0 Å². The zero-order chi connectivity index (χ0) is 26.2. The lowest BCUT2D eigenvalue weighted by atomic mass is 9.81. The Morgan fingerprint density at radius 1 is 1.11 bits per heavy atom. The van der Waals surface area contributed by atoms with Gasteiger partial charge in [0, 0.05) is 18.1 Å². The van der Waals surface area contributed by atoms with Crippen molar-refractivity contribution in [1.82, 2.24) is 9.88 Å². The molecule has 37 heavy (non-hydrogen) atoms. The van der Waals surface area contributed by atoms with E-state index < -0.39 is 18.1 Å². The maximum absolute atomic E-state index is 15.4. The topological polar surface area (TPSA) is 71.9 Å². The minimum Gasteiger partial charge on any atom is -0.497 e. The van der Waals surface area contributed by atoms with Gasteiger partial charge in [-0.25, -0.2) is 4.39 Å². The van der Waals surface area contributed by atoms with Crippen LogP contribution < -0.4 is 9.47 Å². The molecule has 1 saturated heterocycles. The Hall–Kier alpha value is -3.19. The van der Waals surface area contributed by atoms with Gasteiger partial charge in [-0.05, 0) is 105 Å². The first-order chi connectivity index (χ1) is 18.0. The molecule has 0 amide bonds. The SMILES string of the molecule is COc1ccc(CCCCN2CC[C@@H](CC[C@H](F)c3ccnc4ccc(OC)cc34)[C@@H](C(=O)O)C2)cc1. The van der Waals surface area contributed by atoms with Crippen LogP contribution in [0.4, 0.5) is 4.39 Å². The molecule has 7 heteroatoms. The van der Waals surface area contributed by atoms with Crippen LogP contribution in [0.15, 0.2) is 54.7 Å². The van der Waals surface area contributed by atoms with Crippen LogP contribution in [0.2, 0.25) is 0 Å². The highest BCUT2D eigenvalue weighted by molar-refractivity contribution is 5.83. The van der Waals surface area contributed by atoms with Gasteiger partial charge in [0.2, 0.25) is 0 Å². The fourth-order valence-corrected chi connectivity index (χ4v) is 5.42. The number of piperidine rings is 1. The second-order valence-electron chi connectivity index (χ2n) is 9.93. The highest BCUT2D eigenvalue weighted by atomic mass is 19.1. The number of alkyl halides is 1. The molecule has 6 nitrogen and oxygen atoms in total. The zero-order valence-electron chi connectivity index (χ0n) is 21.7. The molecule has 0 radical (unpaired) electrons. The van der Waals surface area contributed by atoms with Crippen LogP contribution in [0.25, 0.3) is 10.9 Å². The Bertz CT molecular complexity index is 1170. The number of carboxylic acids is 1. The number of unbranched alkanes of at least 4 members (excludes halogenated alkanes) is 1. The van der Waals surface area contributed by atoms with Crippen LogP contribution in [-0.2, 0) is 11.2 Å². The van der Waals surface area contributed by atoms with Crippen LogP contribution in [0.1, 0.15) is 49.4 Å². The van der Waals surface area contributed by atoms with Gasteiger partial charge in [0.15, 0.2) is 0 Å². The number of pyridine rings is 1. The molecule has 1 aliphatic rings. The third-order valence-electron chi connectivity index (χ3n) is 7.62. The molecule has 2 aromatic carbocycles. The molecule has 0 spiro atoms. The van der Waals surface area contributed by atoms with Gasteiger partial charge in [-0.3, -0.25) is 9.78 Å². The quantitative estimate of drug-likeness (QED) is 0.299. The van der Waals surface area contributed by atoms with Crippen molar-refractivity contribution < 1.29 is 23.8 Å². The van der Waals surface area contributed by atoms with Gasteiger partial charge in [0.1, 0.15) is 17.7 Å². The summed E-state index contributed by atoms with van der Waals surface area (Å²) in [5.41, 5.74) is 2.60. The van der Waals surface area contributed by atoms with E-state index in [4.69, 9.17) is 9.47 Å². The molecule has 1 aromatic heterocycles. The van der Waals surface area contributed by atoms with Gasteiger partial charge < -0.3 is 19.5 Å². The molecule has 0 saturated carbocycles. The number of likely N-dealkylation sites (tertiary alicyclic amines) is 1. The molecule has 0 bridgehead atoms. The summed E-state index contributed by atoms with van der Waals surface area (Å²) in [6.45, 7) is 2.29. The van der Waals surface area contributed by atoms with E-state index in [1.807, 2.05) is 30.3 Å². The summed E-state index contributed by atoms with van der Waals surface area (Å²) in [4.78, 5) is 18.7. The molecular formula is C30H37FN2O4. The molecule has 1 fully saturated rings. The van der Waals surface area contributed by atoms with Crippen molar-refractivity contribution in [3.8, 4) is 11.5 Å². The van der Waals surface area contributed by atoms with Gasteiger partial charge in [-0.15, -0.1) is 0 Å². The lowest BCUT2D eigenvalue weighted by molar-refractivity contribution is -0.146. The molecule has 4 rings (SSSR count). The van der Waals surface area contributed by atoms with Crippen molar-refractivity contribution in [2.75, 3.05) is 33.9 Å². The van der Waals surface area contributed by atoms with E-state index in [1.165, 1.54) is 5.56 Å². The second-order valence-corrected chi connectivity index (χ2v) is 9.93. The highest BCUT2D eigenvalue weighted by Crippen LogP contribution is 2.35. The fourth-order valence-electron chi connectivity index (χ4n) is 5.42. The predicted molar refractivity (Wildman–Crippen MR) is 143 cm³/mol. The number of carboxylic acid groups (broad SMARTS) is 1. The minimum atomic E-state index is -1.18. The van der Waals surface area contributed by atoms with E-state index >= 15 is 4.39 Å².